The number of pyridine rings is 1. The highest BCUT2D eigenvalue weighted by atomic mass is 19.1. The molecule has 3 heterocycles. The van der Waals surface area contributed by atoms with Crippen LogP contribution >= 0.6 is 0 Å². The van der Waals surface area contributed by atoms with Gasteiger partial charge in [0.1, 0.15) is 5.82 Å². The van der Waals surface area contributed by atoms with E-state index in [2.05, 4.69) is 60.1 Å². The van der Waals surface area contributed by atoms with Crippen LogP contribution in [0, 0.1) is 18.8 Å². The molecule has 5 nitrogen and oxygen atoms in total. The lowest BCUT2D eigenvalue weighted by Gasteiger charge is -2.26. The molecular formula is C31H34FN5. The first kappa shape index (κ1) is 24.8. The van der Waals surface area contributed by atoms with Crippen LogP contribution in [0.1, 0.15) is 36.5 Å². The lowest BCUT2D eigenvalue weighted by molar-refractivity contribution is 0.512. The molecule has 5 rings (SSSR count). The van der Waals surface area contributed by atoms with E-state index in [1.54, 1.807) is 7.05 Å². The smallest absolute Gasteiger partial charge is 0.219 e. The van der Waals surface area contributed by atoms with Crippen LogP contribution in [0.15, 0.2) is 73.5 Å². The lowest BCUT2D eigenvalue weighted by atomic mass is 9.93. The third kappa shape index (κ3) is 4.64. The Balaban J connectivity index is 1.45. The third-order valence-corrected chi connectivity index (χ3v) is 7.38. The van der Waals surface area contributed by atoms with Gasteiger partial charge in [-0.05, 0) is 67.5 Å². The molecule has 0 saturated carbocycles. The summed E-state index contributed by atoms with van der Waals surface area (Å²) in [4.78, 5) is 9.32. The molecule has 0 N–H and O–H groups in total. The third-order valence-electron chi connectivity index (χ3n) is 7.38. The van der Waals surface area contributed by atoms with Crippen molar-refractivity contribution in [2.75, 3.05) is 29.9 Å². The van der Waals surface area contributed by atoms with Gasteiger partial charge in [0.05, 0.1) is 28.5 Å². The van der Waals surface area contributed by atoms with Crippen LogP contribution in [0.5, 0.6) is 0 Å². The maximum atomic E-state index is 15.0. The molecule has 0 amide bonds. The fourth-order valence-electron chi connectivity index (χ4n) is 5.54. The Morgan fingerprint density at radius 2 is 1.86 bits per heavy atom. The van der Waals surface area contributed by atoms with Gasteiger partial charge in [0, 0.05) is 32.7 Å². The minimum Gasteiger partial charge on any atom is -0.356 e. The van der Waals surface area contributed by atoms with Gasteiger partial charge in [-0.2, -0.15) is 9.49 Å². The largest absolute Gasteiger partial charge is 0.356 e. The number of aromatic nitrogens is 3. The van der Waals surface area contributed by atoms with E-state index in [9.17, 15) is 4.39 Å². The summed E-state index contributed by atoms with van der Waals surface area (Å²) in [5, 5.41) is 4.80. The first-order chi connectivity index (χ1) is 17.7. The van der Waals surface area contributed by atoms with E-state index >= 15 is 0 Å². The van der Waals surface area contributed by atoms with Gasteiger partial charge in [0.15, 0.2) is 0 Å². The van der Waals surface area contributed by atoms with Gasteiger partial charge in [0.25, 0.3) is 0 Å². The van der Waals surface area contributed by atoms with Crippen LogP contribution in [0.4, 0.5) is 21.6 Å². The Hall–Kier alpha value is -3.93. The summed E-state index contributed by atoms with van der Waals surface area (Å²) < 4.78 is 16.3. The second-order valence-electron chi connectivity index (χ2n) is 10.3. The fourth-order valence-corrected chi connectivity index (χ4v) is 5.54. The van der Waals surface area contributed by atoms with E-state index in [0.29, 0.717) is 16.8 Å². The molecule has 0 unspecified atom stereocenters. The van der Waals surface area contributed by atoms with E-state index in [1.807, 2.05) is 43.6 Å². The molecule has 1 saturated heterocycles. The highest BCUT2D eigenvalue weighted by Gasteiger charge is 2.24. The Labute approximate surface area is 218 Å². The summed E-state index contributed by atoms with van der Waals surface area (Å²) in [6.45, 7) is 14.7. The van der Waals surface area contributed by atoms with Gasteiger partial charge < -0.3 is 9.80 Å². The molecule has 2 aromatic heterocycles. The van der Waals surface area contributed by atoms with Crippen molar-refractivity contribution in [3.63, 3.8) is 0 Å². The summed E-state index contributed by atoms with van der Waals surface area (Å²) in [6.07, 6.45) is 4.19. The van der Waals surface area contributed by atoms with Crippen LogP contribution in [0.25, 0.3) is 16.5 Å². The number of fused-ring (bicyclic) bond motifs is 1. The molecule has 1 fully saturated rings. The highest BCUT2D eigenvalue weighted by Crippen LogP contribution is 2.39. The standard InChI is InChI=1S/C31H34FN5/c1-20(2)17-23-15-16-37(19-23)28-14-13-24(18-33-28)35(5)30-21(3)9-7-11-26(30)22(4)25-10-8-12-27-29(25)31(32)36(6)34-27/h7-14,18,23H,1,4,15-17,19H2,2-3,5-6H3/t23-/m0/s1. The number of rotatable bonds is 7. The van der Waals surface area contributed by atoms with Gasteiger partial charge in [-0.1, -0.05) is 42.5 Å². The van der Waals surface area contributed by atoms with E-state index in [1.165, 1.54) is 16.7 Å². The van der Waals surface area contributed by atoms with Crippen molar-refractivity contribution in [1.82, 2.24) is 14.8 Å². The van der Waals surface area contributed by atoms with Crippen LogP contribution in [-0.2, 0) is 7.05 Å². The maximum absolute atomic E-state index is 15.0. The van der Waals surface area contributed by atoms with Crippen LogP contribution in [-0.4, -0.2) is 34.9 Å². The molecule has 0 radical (unpaired) electrons. The molecule has 4 aromatic rings. The van der Waals surface area contributed by atoms with Gasteiger partial charge >= 0.3 is 0 Å². The Morgan fingerprint density at radius 3 is 2.59 bits per heavy atom. The second-order valence-corrected chi connectivity index (χ2v) is 10.3. The Kier molecular flexibility index (Phi) is 6.59. The second kappa shape index (κ2) is 9.85. The van der Waals surface area contributed by atoms with Gasteiger partial charge in [-0.15, -0.1) is 6.58 Å². The molecule has 1 aliphatic heterocycles. The average Bonchev–Trinajstić information content (AvgIpc) is 3.46. The molecule has 0 aliphatic carbocycles. The number of benzene rings is 2. The molecule has 0 bridgehead atoms. The molecule has 37 heavy (non-hydrogen) atoms. The van der Waals surface area contributed by atoms with E-state index < -0.39 is 0 Å². The fraction of sp³-hybridized carbons (Fsp3) is 0.290. The van der Waals surface area contributed by atoms with Crippen LogP contribution < -0.4 is 9.80 Å². The number of halogens is 1. The van der Waals surface area contributed by atoms with E-state index in [-0.39, 0.29) is 5.95 Å². The van der Waals surface area contributed by atoms with E-state index in [0.717, 1.165) is 59.0 Å². The van der Waals surface area contributed by atoms with Crippen molar-refractivity contribution >= 4 is 33.7 Å². The first-order valence-electron chi connectivity index (χ1n) is 12.7. The van der Waals surface area contributed by atoms with Crippen LogP contribution in [0.2, 0.25) is 0 Å². The summed E-state index contributed by atoms with van der Waals surface area (Å²) in [5.41, 5.74) is 7.42. The zero-order valence-corrected chi connectivity index (χ0v) is 22.1. The molecular weight excluding hydrogens is 461 g/mol. The molecule has 1 atom stereocenters. The minimum absolute atomic E-state index is 0.360. The van der Waals surface area contributed by atoms with Crippen molar-refractivity contribution < 1.29 is 4.39 Å². The zero-order chi connectivity index (χ0) is 26.3. The maximum Gasteiger partial charge on any atom is 0.219 e. The van der Waals surface area contributed by atoms with Crippen molar-refractivity contribution in [3.8, 4) is 0 Å². The van der Waals surface area contributed by atoms with Crippen LogP contribution in [0.3, 0.4) is 0 Å². The quantitative estimate of drug-likeness (QED) is 0.258. The topological polar surface area (TPSA) is 37.2 Å². The van der Waals surface area contributed by atoms with Gasteiger partial charge in [-0.25, -0.2) is 9.67 Å². The monoisotopic (exact) mass is 495 g/mol. The molecule has 1 aliphatic rings. The molecule has 190 valence electrons. The average molecular weight is 496 g/mol. The summed E-state index contributed by atoms with van der Waals surface area (Å²) in [5.74, 6) is 1.30. The number of para-hydroxylation sites is 1. The highest BCUT2D eigenvalue weighted by molar-refractivity contribution is 5.98. The number of aryl methyl sites for hydroxylation is 2. The van der Waals surface area contributed by atoms with Gasteiger partial charge in [0.2, 0.25) is 5.95 Å². The summed E-state index contributed by atoms with van der Waals surface area (Å²) in [7, 11) is 3.66. The van der Waals surface area contributed by atoms with Crippen molar-refractivity contribution in [3.05, 3.63) is 96.1 Å². The van der Waals surface area contributed by atoms with Gasteiger partial charge in [-0.3, -0.25) is 0 Å². The SMILES string of the molecule is C=C(C)C[C@@H]1CCN(c2ccc(N(C)c3c(C)cccc3C(=C)c3cccc4nn(C)c(F)c34)cn2)C1. The summed E-state index contributed by atoms with van der Waals surface area (Å²) >= 11 is 0. The number of hydrogen-bond acceptors (Lipinski definition) is 4. The Bertz CT molecular complexity index is 1480. The molecule has 2 aromatic carbocycles. The minimum atomic E-state index is -0.360. The summed E-state index contributed by atoms with van der Waals surface area (Å²) in [6, 6.07) is 16.0. The van der Waals surface area contributed by atoms with Crippen molar-refractivity contribution in [1.29, 1.82) is 0 Å². The number of allylic oxidation sites excluding steroid dienone is 1. The number of anilines is 3. The predicted molar refractivity (Wildman–Crippen MR) is 152 cm³/mol. The molecule has 6 heteroatoms. The van der Waals surface area contributed by atoms with E-state index in [4.69, 9.17) is 4.98 Å². The van der Waals surface area contributed by atoms with Crippen molar-refractivity contribution in [2.24, 2.45) is 13.0 Å². The predicted octanol–water partition coefficient (Wildman–Crippen LogP) is 7.04. The van der Waals surface area contributed by atoms with Crippen molar-refractivity contribution in [2.45, 2.75) is 26.7 Å². The first-order valence-corrected chi connectivity index (χ1v) is 12.7. The normalized spacial score (nSPS) is 15.4. The Morgan fingerprint density at radius 1 is 1.11 bits per heavy atom. The number of nitrogens with zero attached hydrogens (tertiary/aromatic N) is 5. The number of hydrogen-bond donors (Lipinski definition) is 0. The lowest BCUT2D eigenvalue weighted by Crippen LogP contribution is -2.21. The zero-order valence-electron chi connectivity index (χ0n) is 22.1. The molecule has 0 spiro atoms.